The van der Waals surface area contributed by atoms with Crippen LogP contribution in [0.4, 0.5) is 0 Å². The average Bonchev–Trinajstić information content (AvgIpc) is 3.26. The smallest absolute Gasteiger partial charge is 0.253 e. The number of likely N-dealkylation sites (tertiary alicyclic amines) is 1. The van der Waals surface area contributed by atoms with Crippen LogP contribution in [-0.4, -0.2) is 34.0 Å². The van der Waals surface area contributed by atoms with E-state index in [0.29, 0.717) is 12.5 Å². The molecule has 2 aliphatic rings. The third kappa shape index (κ3) is 2.74. The summed E-state index contributed by atoms with van der Waals surface area (Å²) in [4.78, 5) is 19.8. The van der Waals surface area contributed by atoms with E-state index in [1.54, 1.807) is 0 Å². The molecular formula is C21H27N3O2. The number of nitrogens with zero attached hydrogens (tertiary/aromatic N) is 3. The second-order valence-corrected chi connectivity index (χ2v) is 8.42. The zero-order valence-corrected chi connectivity index (χ0v) is 16.1. The van der Waals surface area contributed by atoms with Crippen molar-refractivity contribution in [3.63, 3.8) is 0 Å². The van der Waals surface area contributed by atoms with Gasteiger partial charge in [0.15, 0.2) is 5.82 Å². The molecule has 5 heteroatoms. The molecule has 2 heterocycles. The van der Waals surface area contributed by atoms with Crippen molar-refractivity contribution in [2.45, 2.75) is 58.3 Å². The van der Waals surface area contributed by atoms with E-state index < -0.39 is 0 Å². The highest BCUT2D eigenvalue weighted by molar-refractivity contribution is 5.95. The maximum atomic E-state index is 13.1. The lowest BCUT2D eigenvalue weighted by Gasteiger charge is -2.24. The van der Waals surface area contributed by atoms with Crippen molar-refractivity contribution >= 4 is 5.91 Å². The Kier molecular flexibility index (Phi) is 4.13. The minimum absolute atomic E-state index is 0.120. The molecule has 1 saturated carbocycles. The van der Waals surface area contributed by atoms with Crippen LogP contribution in [-0.2, 0) is 5.41 Å². The molecule has 0 N–H and O–H groups in total. The summed E-state index contributed by atoms with van der Waals surface area (Å²) >= 11 is 0. The van der Waals surface area contributed by atoms with Gasteiger partial charge in [-0.25, -0.2) is 0 Å². The molecule has 1 amide bonds. The Morgan fingerprint density at radius 1 is 1.27 bits per heavy atom. The van der Waals surface area contributed by atoms with Crippen LogP contribution in [0, 0.1) is 19.8 Å². The third-order valence-electron chi connectivity index (χ3n) is 6.01. The van der Waals surface area contributed by atoms with Gasteiger partial charge in [0.1, 0.15) is 0 Å². The predicted molar refractivity (Wildman–Crippen MR) is 99.2 cm³/mol. The molecule has 1 aromatic carbocycles. The average molecular weight is 353 g/mol. The van der Waals surface area contributed by atoms with Gasteiger partial charge in [-0.05, 0) is 44.7 Å². The van der Waals surface area contributed by atoms with Gasteiger partial charge in [-0.15, -0.1) is 0 Å². The molecule has 5 nitrogen and oxygen atoms in total. The summed E-state index contributed by atoms with van der Waals surface area (Å²) in [6.45, 7) is 9.69. The van der Waals surface area contributed by atoms with Crippen molar-refractivity contribution in [2.75, 3.05) is 13.1 Å². The highest BCUT2D eigenvalue weighted by Crippen LogP contribution is 2.50. The number of aryl methyl sites for hydroxylation is 2. The fourth-order valence-electron chi connectivity index (χ4n) is 4.75. The van der Waals surface area contributed by atoms with Crippen molar-refractivity contribution in [3.05, 3.63) is 46.6 Å². The van der Waals surface area contributed by atoms with Crippen molar-refractivity contribution in [3.8, 4) is 0 Å². The highest BCUT2D eigenvalue weighted by Gasteiger charge is 2.55. The molecule has 1 aromatic heterocycles. The first-order valence-electron chi connectivity index (χ1n) is 9.61. The molecule has 1 aliphatic heterocycles. The van der Waals surface area contributed by atoms with Crippen LogP contribution in [0.2, 0.25) is 0 Å². The van der Waals surface area contributed by atoms with Gasteiger partial charge >= 0.3 is 0 Å². The second-order valence-electron chi connectivity index (χ2n) is 8.42. The van der Waals surface area contributed by atoms with E-state index in [1.165, 1.54) is 0 Å². The summed E-state index contributed by atoms with van der Waals surface area (Å²) in [5, 5.41) is 4.18. The first kappa shape index (κ1) is 17.3. The first-order chi connectivity index (χ1) is 12.4. The molecule has 138 valence electrons. The van der Waals surface area contributed by atoms with Crippen molar-refractivity contribution in [1.29, 1.82) is 0 Å². The highest BCUT2D eigenvalue weighted by atomic mass is 16.5. The summed E-state index contributed by atoms with van der Waals surface area (Å²) in [7, 11) is 0. The summed E-state index contributed by atoms with van der Waals surface area (Å²) in [5.74, 6) is 2.28. The first-order valence-corrected chi connectivity index (χ1v) is 9.61. The van der Waals surface area contributed by atoms with Gasteiger partial charge in [0.25, 0.3) is 5.91 Å². The molecule has 0 spiro atoms. The van der Waals surface area contributed by atoms with E-state index in [4.69, 9.17) is 9.51 Å². The Morgan fingerprint density at radius 2 is 2.00 bits per heavy atom. The Bertz CT molecular complexity index is 821. The Morgan fingerprint density at radius 3 is 2.65 bits per heavy atom. The molecule has 4 rings (SSSR count). The Labute approximate surface area is 154 Å². The number of carbonyl (C=O) groups is 1. The fraction of sp³-hybridized carbons (Fsp3) is 0.571. The van der Waals surface area contributed by atoms with Gasteiger partial charge in [-0.2, -0.15) is 4.98 Å². The summed E-state index contributed by atoms with van der Waals surface area (Å²) in [6.07, 6.45) is 3.31. The Balaban J connectivity index is 1.63. The van der Waals surface area contributed by atoms with Crippen LogP contribution in [0.15, 0.2) is 22.7 Å². The molecule has 1 aliphatic carbocycles. The van der Waals surface area contributed by atoms with Crippen LogP contribution >= 0.6 is 0 Å². The minimum Gasteiger partial charge on any atom is -0.339 e. The SMILES string of the molecule is Cc1cc(C)cc(C(=O)N2C[C@H]3CCC[C@@]3(c3nc(C(C)C)no3)C2)c1. The lowest BCUT2D eigenvalue weighted by molar-refractivity contribution is 0.0775. The number of hydrogen-bond acceptors (Lipinski definition) is 4. The largest absolute Gasteiger partial charge is 0.339 e. The second kappa shape index (κ2) is 6.22. The predicted octanol–water partition coefficient (Wildman–Crippen LogP) is 4.00. The number of aromatic nitrogens is 2. The fourth-order valence-corrected chi connectivity index (χ4v) is 4.75. The summed E-state index contributed by atoms with van der Waals surface area (Å²) in [5.41, 5.74) is 2.88. The molecule has 0 bridgehead atoms. The summed E-state index contributed by atoms with van der Waals surface area (Å²) < 4.78 is 5.69. The van der Waals surface area contributed by atoms with E-state index in [0.717, 1.165) is 54.2 Å². The molecule has 2 atom stereocenters. The lowest BCUT2D eigenvalue weighted by atomic mass is 9.80. The molecule has 1 saturated heterocycles. The molecule has 26 heavy (non-hydrogen) atoms. The number of benzene rings is 1. The number of carbonyl (C=O) groups excluding carboxylic acids is 1. The normalized spacial score (nSPS) is 25.1. The van der Waals surface area contributed by atoms with E-state index >= 15 is 0 Å². The van der Waals surface area contributed by atoms with Crippen LogP contribution in [0.5, 0.6) is 0 Å². The van der Waals surface area contributed by atoms with Gasteiger partial charge in [-0.1, -0.05) is 42.6 Å². The molecule has 2 fully saturated rings. The number of hydrogen-bond donors (Lipinski definition) is 0. The van der Waals surface area contributed by atoms with Gasteiger partial charge in [0, 0.05) is 24.6 Å². The monoisotopic (exact) mass is 353 g/mol. The van der Waals surface area contributed by atoms with Gasteiger partial charge < -0.3 is 9.42 Å². The molecular weight excluding hydrogens is 326 g/mol. The van der Waals surface area contributed by atoms with Crippen molar-refractivity contribution in [1.82, 2.24) is 15.0 Å². The quantitative estimate of drug-likeness (QED) is 0.837. The van der Waals surface area contributed by atoms with Gasteiger partial charge in [-0.3, -0.25) is 4.79 Å². The zero-order chi connectivity index (χ0) is 18.5. The van der Waals surface area contributed by atoms with Crippen LogP contribution in [0.3, 0.4) is 0 Å². The molecule has 0 radical (unpaired) electrons. The standard InChI is InChI=1S/C21H27N3O2/c1-13(2)18-22-20(26-23-18)21-7-5-6-17(21)11-24(12-21)19(25)16-9-14(3)8-15(4)10-16/h8-10,13,17H,5-7,11-12H2,1-4H3/t17-,21-/m1/s1. The number of amides is 1. The van der Waals surface area contributed by atoms with Gasteiger partial charge in [0.2, 0.25) is 5.89 Å². The van der Waals surface area contributed by atoms with E-state index in [-0.39, 0.29) is 17.2 Å². The number of rotatable bonds is 3. The maximum Gasteiger partial charge on any atom is 0.253 e. The van der Waals surface area contributed by atoms with E-state index in [2.05, 4.69) is 25.1 Å². The van der Waals surface area contributed by atoms with Gasteiger partial charge in [0.05, 0.1) is 5.41 Å². The lowest BCUT2D eigenvalue weighted by Crippen LogP contribution is -2.35. The summed E-state index contributed by atoms with van der Waals surface area (Å²) in [6, 6.07) is 6.07. The third-order valence-corrected chi connectivity index (χ3v) is 6.01. The van der Waals surface area contributed by atoms with Crippen molar-refractivity contribution < 1.29 is 9.32 Å². The molecule has 0 unspecified atom stereocenters. The van der Waals surface area contributed by atoms with E-state index in [9.17, 15) is 4.79 Å². The number of fused-ring (bicyclic) bond motifs is 1. The minimum atomic E-state index is -0.158. The maximum absolute atomic E-state index is 13.1. The Hall–Kier alpha value is -2.17. The van der Waals surface area contributed by atoms with Crippen molar-refractivity contribution in [2.24, 2.45) is 5.92 Å². The van der Waals surface area contributed by atoms with Crippen LogP contribution in [0.25, 0.3) is 0 Å². The van der Waals surface area contributed by atoms with Crippen LogP contribution < -0.4 is 0 Å². The molecule has 2 aromatic rings. The van der Waals surface area contributed by atoms with E-state index in [1.807, 2.05) is 30.9 Å². The van der Waals surface area contributed by atoms with Crippen LogP contribution in [0.1, 0.15) is 72.2 Å². The zero-order valence-electron chi connectivity index (χ0n) is 16.1. The topological polar surface area (TPSA) is 59.2 Å².